The Bertz CT molecular complexity index is 801. The van der Waals surface area contributed by atoms with E-state index >= 15 is 0 Å². The van der Waals surface area contributed by atoms with E-state index in [4.69, 9.17) is 17.3 Å². The van der Waals surface area contributed by atoms with Crippen LogP contribution in [-0.2, 0) is 0 Å². The molecule has 1 aromatic carbocycles. The molecule has 1 saturated carbocycles. The highest BCUT2D eigenvalue weighted by Crippen LogP contribution is 2.25. The topological polar surface area (TPSA) is 110 Å². The number of nitrogens with two attached hydrogens (primary N) is 1. The van der Waals surface area contributed by atoms with E-state index < -0.39 is 11.8 Å². The van der Waals surface area contributed by atoms with Crippen molar-refractivity contribution in [2.24, 2.45) is 11.7 Å². The first-order chi connectivity index (χ1) is 12.6. The van der Waals surface area contributed by atoms with E-state index in [2.05, 4.69) is 20.6 Å². The molecule has 1 aromatic heterocycles. The number of nitrogens with one attached hydrogen (secondary N) is 2. The molecule has 2 aromatic rings. The van der Waals surface area contributed by atoms with Gasteiger partial charge >= 0.3 is 0 Å². The van der Waals surface area contributed by atoms with Gasteiger partial charge in [0.05, 0.1) is 0 Å². The molecule has 27 heavy (non-hydrogen) atoms. The number of benzene rings is 1. The highest BCUT2D eigenvalue weighted by Gasteiger charge is 2.29. The summed E-state index contributed by atoms with van der Waals surface area (Å²) < 4.78 is 0. The van der Waals surface area contributed by atoms with Crippen molar-refractivity contribution >= 4 is 41.5 Å². The summed E-state index contributed by atoms with van der Waals surface area (Å²) in [6, 6.07) is 6.66. The predicted octanol–water partition coefficient (Wildman–Crippen LogP) is 2.66. The molecule has 1 heterocycles. The summed E-state index contributed by atoms with van der Waals surface area (Å²) in [7, 11) is 0. The van der Waals surface area contributed by atoms with Crippen LogP contribution in [0.15, 0.2) is 36.7 Å². The lowest BCUT2D eigenvalue weighted by molar-refractivity contribution is 0.0911. The van der Waals surface area contributed by atoms with Gasteiger partial charge in [-0.2, -0.15) is 0 Å². The van der Waals surface area contributed by atoms with Gasteiger partial charge in [0.1, 0.15) is 0 Å². The van der Waals surface area contributed by atoms with E-state index in [0.717, 1.165) is 19.3 Å². The first kappa shape index (κ1) is 21.1. The minimum absolute atomic E-state index is 0. The lowest BCUT2D eigenvalue weighted by atomic mass is 10.0. The molecule has 0 saturated heterocycles. The van der Waals surface area contributed by atoms with Crippen molar-refractivity contribution in [3.05, 3.63) is 53.1 Å². The van der Waals surface area contributed by atoms with Crippen molar-refractivity contribution in [3.63, 3.8) is 0 Å². The van der Waals surface area contributed by atoms with E-state index in [1.165, 1.54) is 12.4 Å². The average Bonchev–Trinajstić information content (AvgIpc) is 3.10. The standard InChI is InChI=1S/C18H20ClN5O2.ClH/c19-12-4-6-13(7-5-12)23-17(25)15-16(22-9-8-21-15)18(26)24-14-3-1-2-11(14)10-20;/h4-9,11,14H,1-3,10,20H2,(H,23,25)(H,24,26);1H. The van der Waals surface area contributed by atoms with Crippen molar-refractivity contribution < 1.29 is 9.59 Å². The van der Waals surface area contributed by atoms with Gasteiger partial charge in [0, 0.05) is 29.1 Å². The number of hydrogen-bond acceptors (Lipinski definition) is 5. The molecule has 0 bridgehead atoms. The number of anilines is 1. The van der Waals surface area contributed by atoms with Gasteiger partial charge in [-0.25, -0.2) is 9.97 Å². The lowest BCUT2D eigenvalue weighted by Gasteiger charge is -2.19. The second-order valence-electron chi connectivity index (χ2n) is 6.22. The van der Waals surface area contributed by atoms with E-state index in [1.807, 2.05) is 0 Å². The molecule has 1 aliphatic rings. The van der Waals surface area contributed by atoms with Crippen LogP contribution >= 0.6 is 24.0 Å². The molecule has 0 radical (unpaired) electrons. The molecule has 9 heteroatoms. The summed E-state index contributed by atoms with van der Waals surface area (Å²) in [6.45, 7) is 0.523. The molecule has 4 N–H and O–H groups in total. The summed E-state index contributed by atoms with van der Waals surface area (Å²) in [5, 5.41) is 6.20. The summed E-state index contributed by atoms with van der Waals surface area (Å²) in [6.07, 6.45) is 5.66. The zero-order valence-electron chi connectivity index (χ0n) is 14.5. The summed E-state index contributed by atoms with van der Waals surface area (Å²) >= 11 is 5.84. The highest BCUT2D eigenvalue weighted by molar-refractivity contribution is 6.30. The predicted molar refractivity (Wildman–Crippen MR) is 106 cm³/mol. The first-order valence-electron chi connectivity index (χ1n) is 8.47. The van der Waals surface area contributed by atoms with E-state index in [-0.39, 0.29) is 35.8 Å². The summed E-state index contributed by atoms with van der Waals surface area (Å²) in [5.74, 6) is -0.668. The summed E-state index contributed by atoms with van der Waals surface area (Å²) in [4.78, 5) is 33.3. The Hall–Kier alpha value is -2.22. The third-order valence-corrected chi connectivity index (χ3v) is 4.76. The van der Waals surface area contributed by atoms with Crippen molar-refractivity contribution in [1.82, 2.24) is 15.3 Å². The molecule has 2 amide bonds. The van der Waals surface area contributed by atoms with Crippen LogP contribution in [0.3, 0.4) is 0 Å². The maximum atomic E-state index is 12.6. The largest absolute Gasteiger partial charge is 0.348 e. The van der Waals surface area contributed by atoms with Crippen LogP contribution in [0.5, 0.6) is 0 Å². The zero-order valence-corrected chi connectivity index (χ0v) is 16.1. The molecule has 1 fully saturated rings. The quantitative estimate of drug-likeness (QED) is 0.702. The molecule has 2 atom stereocenters. The minimum Gasteiger partial charge on any atom is -0.348 e. The number of aromatic nitrogens is 2. The van der Waals surface area contributed by atoms with Crippen LogP contribution in [0.2, 0.25) is 5.02 Å². The SMILES string of the molecule is Cl.NCC1CCCC1NC(=O)c1nccnc1C(=O)Nc1ccc(Cl)cc1. The summed E-state index contributed by atoms with van der Waals surface area (Å²) in [5.41, 5.74) is 6.29. The van der Waals surface area contributed by atoms with Gasteiger partial charge in [0.25, 0.3) is 11.8 Å². The second-order valence-corrected chi connectivity index (χ2v) is 6.66. The zero-order chi connectivity index (χ0) is 18.5. The van der Waals surface area contributed by atoms with Crippen molar-refractivity contribution in [1.29, 1.82) is 0 Å². The fourth-order valence-corrected chi connectivity index (χ4v) is 3.27. The number of hydrogen-bond donors (Lipinski definition) is 3. The van der Waals surface area contributed by atoms with Crippen LogP contribution < -0.4 is 16.4 Å². The van der Waals surface area contributed by atoms with Crippen molar-refractivity contribution in [2.75, 3.05) is 11.9 Å². The van der Waals surface area contributed by atoms with Crippen LogP contribution in [0, 0.1) is 5.92 Å². The number of nitrogens with zero attached hydrogens (tertiary/aromatic N) is 2. The third kappa shape index (κ3) is 5.15. The first-order valence-corrected chi connectivity index (χ1v) is 8.85. The van der Waals surface area contributed by atoms with Crippen LogP contribution in [-0.4, -0.2) is 34.4 Å². The molecule has 0 aliphatic heterocycles. The fraction of sp³-hybridized carbons (Fsp3) is 0.333. The molecular formula is C18H21Cl2N5O2. The molecule has 0 spiro atoms. The van der Waals surface area contributed by atoms with Crippen molar-refractivity contribution in [3.8, 4) is 0 Å². The smallest absolute Gasteiger partial charge is 0.276 e. The Morgan fingerprint density at radius 3 is 2.33 bits per heavy atom. The lowest BCUT2D eigenvalue weighted by Crippen LogP contribution is -2.41. The molecule has 3 rings (SSSR count). The van der Waals surface area contributed by atoms with Gasteiger partial charge in [0.15, 0.2) is 11.4 Å². The molecule has 7 nitrogen and oxygen atoms in total. The molecule has 1 aliphatic carbocycles. The molecular weight excluding hydrogens is 389 g/mol. The van der Waals surface area contributed by atoms with E-state index in [0.29, 0.717) is 17.3 Å². The number of rotatable bonds is 5. The Morgan fingerprint density at radius 1 is 1.07 bits per heavy atom. The van der Waals surface area contributed by atoms with Gasteiger partial charge in [-0.05, 0) is 49.6 Å². The maximum Gasteiger partial charge on any atom is 0.276 e. The van der Waals surface area contributed by atoms with Gasteiger partial charge in [0.2, 0.25) is 0 Å². The number of halogens is 2. The average molecular weight is 410 g/mol. The van der Waals surface area contributed by atoms with Gasteiger partial charge < -0.3 is 16.4 Å². The van der Waals surface area contributed by atoms with Crippen LogP contribution in [0.4, 0.5) is 5.69 Å². The van der Waals surface area contributed by atoms with Gasteiger partial charge in [-0.3, -0.25) is 9.59 Å². The fourth-order valence-electron chi connectivity index (χ4n) is 3.14. The number of carbonyl (C=O) groups is 2. The van der Waals surface area contributed by atoms with Crippen LogP contribution in [0.25, 0.3) is 0 Å². The maximum absolute atomic E-state index is 12.6. The van der Waals surface area contributed by atoms with E-state index in [1.54, 1.807) is 24.3 Å². The van der Waals surface area contributed by atoms with E-state index in [9.17, 15) is 9.59 Å². The Labute approximate surface area is 168 Å². The van der Waals surface area contributed by atoms with Crippen molar-refractivity contribution in [2.45, 2.75) is 25.3 Å². The normalized spacial score (nSPS) is 18.4. The Morgan fingerprint density at radius 2 is 1.70 bits per heavy atom. The van der Waals surface area contributed by atoms with Gasteiger partial charge in [-0.1, -0.05) is 18.0 Å². The third-order valence-electron chi connectivity index (χ3n) is 4.51. The minimum atomic E-state index is -0.507. The molecule has 2 unspecified atom stereocenters. The van der Waals surface area contributed by atoms with Crippen LogP contribution in [0.1, 0.15) is 40.2 Å². The second kappa shape index (κ2) is 9.64. The Balaban J connectivity index is 0.00000261. The van der Waals surface area contributed by atoms with Gasteiger partial charge in [-0.15, -0.1) is 12.4 Å². The highest BCUT2D eigenvalue weighted by atomic mass is 35.5. The molecule has 144 valence electrons. The monoisotopic (exact) mass is 409 g/mol. The number of carbonyl (C=O) groups excluding carboxylic acids is 2. The number of amides is 2. The Kier molecular flexibility index (Phi) is 7.53.